The standard InChI is InChI=1S/C16H27N/c1-5-16(6-2,13-17-12-14(3)4)15-10-8-7-9-11-15/h7-11,14,17H,5-6,12-13H2,1-4H3. The van der Waals surface area contributed by atoms with Gasteiger partial charge in [0.15, 0.2) is 0 Å². The molecule has 0 fully saturated rings. The summed E-state index contributed by atoms with van der Waals surface area (Å²) in [4.78, 5) is 0. The molecule has 1 nitrogen and oxygen atoms in total. The molecule has 96 valence electrons. The lowest BCUT2D eigenvalue weighted by atomic mass is 9.76. The molecule has 17 heavy (non-hydrogen) atoms. The van der Waals surface area contributed by atoms with Crippen molar-refractivity contribution in [1.29, 1.82) is 0 Å². The molecule has 1 N–H and O–H groups in total. The molecule has 0 unspecified atom stereocenters. The number of benzene rings is 1. The maximum absolute atomic E-state index is 3.63. The van der Waals surface area contributed by atoms with Crippen LogP contribution in [-0.4, -0.2) is 13.1 Å². The Labute approximate surface area is 107 Å². The predicted octanol–water partition coefficient (Wildman–Crippen LogP) is 3.99. The molecule has 0 heterocycles. The molecule has 0 aliphatic carbocycles. The van der Waals surface area contributed by atoms with Gasteiger partial charge in [-0.15, -0.1) is 0 Å². The van der Waals surface area contributed by atoms with E-state index in [1.165, 1.54) is 18.4 Å². The van der Waals surface area contributed by atoms with Gasteiger partial charge < -0.3 is 5.32 Å². The van der Waals surface area contributed by atoms with E-state index in [1.807, 2.05) is 0 Å². The smallest absolute Gasteiger partial charge is 0.00725 e. The van der Waals surface area contributed by atoms with Crippen LogP contribution in [0.1, 0.15) is 46.1 Å². The summed E-state index contributed by atoms with van der Waals surface area (Å²) >= 11 is 0. The molecule has 1 aromatic rings. The second kappa shape index (κ2) is 6.80. The van der Waals surface area contributed by atoms with Crippen LogP contribution in [0.25, 0.3) is 0 Å². The Morgan fingerprint density at radius 1 is 1.06 bits per heavy atom. The Morgan fingerprint density at radius 3 is 2.12 bits per heavy atom. The van der Waals surface area contributed by atoms with Crippen LogP contribution in [0.2, 0.25) is 0 Å². The fourth-order valence-corrected chi connectivity index (χ4v) is 2.40. The van der Waals surface area contributed by atoms with Crippen LogP contribution in [0.5, 0.6) is 0 Å². The summed E-state index contributed by atoms with van der Waals surface area (Å²) < 4.78 is 0. The third-order valence-corrected chi connectivity index (χ3v) is 3.76. The Bertz CT molecular complexity index is 299. The summed E-state index contributed by atoms with van der Waals surface area (Å²) in [6.07, 6.45) is 2.39. The Kier molecular flexibility index (Phi) is 5.70. The molecule has 0 aromatic heterocycles. The first-order chi connectivity index (χ1) is 8.14. The molecule has 0 saturated heterocycles. The van der Waals surface area contributed by atoms with Gasteiger partial charge in [-0.05, 0) is 30.9 Å². The molecule has 1 aromatic carbocycles. The summed E-state index contributed by atoms with van der Waals surface area (Å²) in [6, 6.07) is 10.9. The van der Waals surface area contributed by atoms with E-state index in [4.69, 9.17) is 0 Å². The van der Waals surface area contributed by atoms with E-state index in [9.17, 15) is 0 Å². The minimum atomic E-state index is 0.302. The van der Waals surface area contributed by atoms with Gasteiger partial charge in [-0.2, -0.15) is 0 Å². The zero-order valence-electron chi connectivity index (χ0n) is 11.8. The van der Waals surface area contributed by atoms with Crippen LogP contribution in [0.15, 0.2) is 30.3 Å². The van der Waals surface area contributed by atoms with Crippen LogP contribution < -0.4 is 5.32 Å². The monoisotopic (exact) mass is 233 g/mol. The SMILES string of the molecule is CCC(CC)(CNCC(C)C)c1ccccc1. The highest BCUT2D eigenvalue weighted by Crippen LogP contribution is 2.30. The van der Waals surface area contributed by atoms with Crippen molar-refractivity contribution in [2.45, 2.75) is 46.0 Å². The molecule has 1 heteroatoms. The van der Waals surface area contributed by atoms with Crippen LogP contribution in [0.4, 0.5) is 0 Å². The second-order valence-electron chi connectivity index (χ2n) is 5.38. The van der Waals surface area contributed by atoms with E-state index in [2.05, 4.69) is 63.3 Å². The topological polar surface area (TPSA) is 12.0 Å². The van der Waals surface area contributed by atoms with E-state index < -0.39 is 0 Å². The van der Waals surface area contributed by atoms with E-state index in [-0.39, 0.29) is 0 Å². The minimum absolute atomic E-state index is 0.302. The molecule has 0 amide bonds. The van der Waals surface area contributed by atoms with Crippen molar-refractivity contribution < 1.29 is 0 Å². The minimum Gasteiger partial charge on any atom is -0.316 e. The number of rotatable bonds is 7. The first-order valence-corrected chi connectivity index (χ1v) is 6.91. The molecule has 0 radical (unpaired) electrons. The largest absolute Gasteiger partial charge is 0.316 e. The van der Waals surface area contributed by atoms with Crippen molar-refractivity contribution in [3.05, 3.63) is 35.9 Å². The average Bonchev–Trinajstić information content (AvgIpc) is 2.36. The summed E-state index contributed by atoms with van der Waals surface area (Å²) in [5, 5.41) is 3.63. The second-order valence-corrected chi connectivity index (χ2v) is 5.38. The highest BCUT2D eigenvalue weighted by molar-refractivity contribution is 5.25. The van der Waals surface area contributed by atoms with Crippen LogP contribution >= 0.6 is 0 Å². The van der Waals surface area contributed by atoms with Crippen molar-refractivity contribution in [1.82, 2.24) is 5.32 Å². The van der Waals surface area contributed by atoms with Gasteiger partial charge in [0, 0.05) is 12.0 Å². The third kappa shape index (κ3) is 3.85. The summed E-state index contributed by atoms with van der Waals surface area (Å²) in [6.45, 7) is 11.3. The fraction of sp³-hybridized carbons (Fsp3) is 0.625. The van der Waals surface area contributed by atoms with E-state index in [0.29, 0.717) is 5.41 Å². The van der Waals surface area contributed by atoms with Gasteiger partial charge in [-0.3, -0.25) is 0 Å². The first-order valence-electron chi connectivity index (χ1n) is 6.91. The lowest BCUT2D eigenvalue weighted by molar-refractivity contribution is 0.359. The van der Waals surface area contributed by atoms with Crippen molar-refractivity contribution in [3.8, 4) is 0 Å². The van der Waals surface area contributed by atoms with Gasteiger partial charge in [0.1, 0.15) is 0 Å². The highest BCUT2D eigenvalue weighted by atomic mass is 14.9. The first kappa shape index (κ1) is 14.2. The number of hydrogen-bond acceptors (Lipinski definition) is 1. The highest BCUT2D eigenvalue weighted by Gasteiger charge is 2.27. The molecule has 0 aliphatic heterocycles. The fourth-order valence-electron chi connectivity index (χ4n) is 2.40. The predicted molar refractivity (Wildman–Crippen MR) is 76.4 cm³/mol. The molecule has 0 spiro atoms. The van der Waals surface area contributed by atoms with Crippen molar-refractivity contribution in [2.75, 3.05) is 13.1 Å². The molecule has 0 bridgehead atoms. The van der Waals surface area contributed by atoms with Crippen LogP contribution in [-0.2, 0) is 5.41 Å². The zero-order chi connectivity index (χ0) is 12.7. The van der Waals surface area contributed by atoms with Crippen LogP contribution in [0.3, 0.4) is 0 Å². The van der Waals surface area contributed by atoms with Gasteiger partial charge in [0.05, 0.1) is 0 Å². The summed E-state index contributed by atoms with van der Waals surface area (Å²) in [5.41, 5.74) is 1.78. The van der Waals surface area contributed by atoms with E-state index in [1.54, 1.807) is 0 Å². The Morgan fingerprint density at radius 2 is 1.65 bits per heavy atom. The molecule has 1 rings (SSSR count). The normalized spacial score (nSPS) is 12.1. The quantitative estimate of drug-likeness (QED) is 0.751. The Balaban J connectivity index is 2.75. The zero-order valence-corrected chi connectivity index (χ0v) is 11.8. The molecular formula is C16H27N. The number of hydrogen-bond donors (Lipinski definition) is 1. The lowest BCUT2D eigenvalue weighted by Gasteiger charge is -2.33. The average molecular weight is 233 g/mol. The molecular weight excluding hydrogens is 206 g/mol. The molecule has 0 aliphatic rings. The molecule has 0 atom stereocenters. The van der Waals surface area contributed by atoms with Crippen LogP contribution in [0, 0.1) is 5.92 Å². The van der Waals surface area contributed by atoms with E-state index in [0.717, 1.165) is 19.0 Å². The number of nitrogens with one attached hydrogen (secondary N) is 1. The van der Waals surface area contributed by atoms with Gasteiger partial charge in [-0.1, -0.05) is 58.0 Å². The van der Waals surface area contributed by atoms with Gasteiger partial charge in [0.25, 0.3) is 0 Å². The van der Waals surface area contributed by atoms with Crippen molar-refractivity contribution >= 4 is 0 Å². The lowest BCUT2D eigenvalue weighted by Crippen LogP contribution is -2.38. The maximum atomic E-state index is 3.63. The Hall–Kier alpha value is -0.820. The summed E-state index contributed by atoms with van der Waals surface area (Å²) in [5.74, 6) is 0.720. The van der Waals surface area contributed by atoms with Gasteiger partial charge in [-0.25, -0.2) is 0 Å². The van der Waals surface area contributed by atoms with Gasteiger partial charge in [0.2, 0.25) is 0 Å². The van der Waals surface area contributed by atoms with Crippen molar-refractivity contribution in [2.24, 2.45) is 5.92 Å². The van der Waals surface area contributed by atoms with Crippen molar-refractivity contribution in [3.63, 3.8) is 0 Å². The summed E-state index contributed by atoms with van der Waals surface area (Å²) in [7, 11) is 0. The van der Waals surface area contributed by atoms with E-state index >= 15 is 0 Å². The maximum Gasteiger partial charge on any atom is 0.00725 e. The third-order valence-electron chi connectivity index (χ3n) is 3.76. The molecule has 0 saturated carbocycles. The van der Waals surface area contributed by atoms with Gasteiger partial charge >= 0.3 is 0 Å².